The zero-order chi connectivity index (χ0) is 15.8. The summed E-state index contributed by atoms with van der Waals surface area (Å²) < 4.78 is 39.8. The van der Waals surface area contributed by atoms with Gasteiger partial charge < -0.3 is 14.8 Å². The number of hydrogen-bond donors (Lipinski definition) is 1. The number of benzene rings is 1. The molecule has 2 rings (SSSR count). The highest BCUT2D eigenvalue weighted by molar-refractivity contribution is 7.85. The highest BCUT2D eigenvalue weighted by atomic mass is 32.2. The minimum absolute atomic E-state index is 0.0979. The highest BCUT2D eigenvalue weighted by Crippen LogP contribution is 2.16. The van der Waals surface area contributed by atoms with E-state index in [0.717, 1.165) is 5.56 Å². The van der Waals surface area contributed by atoms with Crippen LogP contribution in [0.25, 0.3) is 0 Å². The Bertz CT molecular complexity index is 534. The Morgan fingerprint density at radius 3 is 2.73 bits per heavy atom. The fraction of sp³-hybridized carbons (Fsp3) is 0.600. The van der Waals surface area contributed by atoms with Crippen LogP contribution in [0.4, 0.5) is 0 Å². The lowest BCUT2D eigenvalue weighted by atomic mass is 10.2. The lowest BCUT2D eigenvalue weighted by Gasteiger charge is -2.12. The zero-order valence-corrected chi connectivity index (χ0v) is 13.6. The van der Waals surface area contributed by atoms with Crippen molar-refractivity contribution in [2.24, 2.45) is 0 Å². The summed E-state index contributed by atoms with van der Waals surface area (Å²) in [5, 5.41) is 3.21. The van der Waals surface area contributed by atoms with Gasteiger partial charge in [0.1, 0.15) is 5.75 Å². The lowest BCUT2D eigenvalue weighted by Crippen LogP contribution is -2.27. The zero-order valence-electron chi connectivity index (χ0n) is 12.7. The summed E-state index contributed by atoms with van der Waals surface area (Å²) in [6.07, 6.45) is 0.297. The molecule has 6 nitrogen and oxygen atoms in total. The maximum atomic E-state index is 12.1. The number of ether oxygens (including phenoxy) is 2. The topological polar surface area (TPSA) is 73.9 Å². The molecule has 1 aromatic carbocycles. The summed E-state index contributed by atoms with van der Waals surface area (Å²) in [5.41, 5.74) is 0.730. The first-order valence-electron chi connectivity index (χ1n) is 7.34. The van der Waals surface area contributed by atoms with E-state index in [0.29, 0.717) is 32.8 Å². The normalized spacial score (nSPS) is 22.0. The van der Waals surface area contributed by atoms with E-state index in [2.05, 4.69) is 5.32 Å². The average molecular weight is 329 g/mol. The van der Waals surface area contributed by atoms with Gasteiger partial charge in [-0.3, -0.25) is 4.18 Å². The van der Waals surface area contributed by atoms with Gasteiger partial charge in [0.15, 0.2) is 0 Å². The Morgan fingerprint density at radius 1 is 1.23 bits per heavy atom. The Labute approximate surface area is 131 Å². The fourth-order valence-corrected chi connectivity index (χ4v) is 3.60. The van der Waals surface area contributed by atoms with Crippen LogP contribution >= 0.6 is 0 Å². The molecule has 2 atom stereocenters. The minimum atomic E-state index is -3.57. The van der Waals surface area contributed by atoms with E-state index >= 15 is 0 Å². The smallest absolute Gasteiger partial charge is 0.271 e. The van der Waals surface area contributed by atoms with Crippen LogP contribution < -0.4 is 5.32 Å². The van der Waals surface area contributed by atoms with Gasteiger partial charge in [0.05, 0.1) is 25.9 Å². The van der Waals surface area contributed by atoms with Crippen molar-refractivity contribution in [3.05, 3.63) is 35.9 Å². The van der Waals surface area contributed by atoms with Crippen molar-refractivity contribution in [3.8, 4) is 0 Å². The predicted octanol–water partition coefficient (Wildman–Crippen LogP) is 0.926. The summed E-state index contributed by atoms with van der Waals surface area (Å²) in [6, 6.07) is 9.16. The molecule has 1 fully saturated rings. The molecule has 0 radical (unpaired) electrons. The molecule has 1 aromatic rings. The van der Waals surface area contributed by atoms with Gasteiger partial charge >= 0.3 is 0 Å². The largest absolute Gasteiger partial charge is 0.382 e. The fourth-order valence-electron chi connectivity index (χ4n) is 2.37. The van der Waals surface area contributed by atoms with Crippen LogP contribution in [-0.2, 0) is 29.5 Å². The number of methoxy groups -OCH3 is 1. The summed E-state index contributed by atoms with van der Waals surface area (Å²) in [5.74, 6) is -0.0979. The van der Waals surface area contributed by atoms with Crippen LogP contribution in [0, 0.1) is 0 Å². The molecule has 0 aromatic heterocycles. The predicted molar refractivity (Wildman–Crippen MR) is 83.0 cm³/mol. The Morgan fingerprint density at radius 2 is 2.00 bits per heavy atom. The second-order valence-corrected chi connectivity index (χ2v) is 6.91. The quantitative estimate of drug-likeness (QED) is 0.537. The second kappa shape index (κ2) is 8.59. The lowest BCUT2D eigenvalue weighted by molar-refractivity contribution is 0.0600. The first-order valence-corrected chi connectivity index (χ1v) is 8.92. The maximum absolute atomic E-state index is 12.1. The average Bonchev–Trinajstić information content (AvgIpc) is 2.91. The van der Waals surface area contributed by atoms with Crippen molar-refractivity contribution in [1.82, 2.24) is 5.32 Å². The standard InChI is InChI=1S/C15H23NO5S/c1-19-7-8-20-11-14-9-15(10-16-14)21-22(17,18)12-13-5-3-2-4-6-13/h2-6,14-16H,7-12H2,1H3/t14-,15-/m0/s1. The van der Waals surface area contributed by atoms with Gasteiger partial charge in [0.25, 0.3) is 10.1 Å². The van der Waals surface area contributed by atoms with Gasteiger partial charge in [-0.05, 0) is 12.0 Å². The molecule has 0 saturated carbocycles. The highest BCUT2D eigenvalue weighted by Gasteiger charge is 2.29. The van der Waals surface area contributed by atoms with E-state index in [1.165, 1.54) is 0 Å². The van der Waals surface area contributed by atoms with Gasteiger partial charge in [0, 0.05) is 19.7 Å². The van der Waals surface area contributed by atoms with E-state index in [4.69, 9.17) is 13.7 Å². The summed E-state index contributed by atoms with van der Waals surface area (Å²) >= 11 is 0. The van der Waals surface area contributed by atoms with Gasteiger partial charge in [-0.1, -0.05) is 30.3 Å². The molecule has 1 aliphatic rings. The molecule has 0 amide bonds. The molecule has 1 N–H and O–H groups in total. The molecule has 7 heteroatoms. The third-order valence-electron chi connectivity index (χ3n) is 3.40. The van der Waals surface area contributed by atoms with E-state index in [9.17, 15) is 8.42 Å². The van der Waals surface area contributed by atoms with E-state index in [-0.39, 0.29) is 17.9 Å². The van der Waals surface area contributed by atoms with Crippen LogP contribution in [0.2, 0.25) is 0 Å². The summed E-state index contributed by atoms with van der Waals surface area (Å²) in [7, 11) is -1.95. The Hall–Kier alpha value is -0.990. The molecule has 0 spiro atoms. The van der Waals surface area contributed by atoms with Gasteiger partial charge in [-0.2, -0.15) is 8.42 Å². The minimum Gasteiger partial charge on any atom is -0.382 e. The molecule has 0 unspecified atom stereocenters. The van der Waals surface area contributed by atoms with Gasteiger partial charge in [-0.25, -0.2) is 0 Å². The number of hydrogen-bond acceptors (Lipinski definition) is 6. The monoisotopic (exact) mass is 329 g/mol. The van der Waals surface area contributed by atoms with Gasteiger partial charge in [0.2, 0.25) is 0 Å². The van der Waals surface area contributed by atoms with Crippen LogP contribution in [0.1, 0.15) is 12.0 Å². The summed E-state index contributed by atoms with van der Waals surface area (Å²) in [4.78, 5) is 0. The second-order valence-electron chi connectivity index (χ2n) is 5.31. The van der Waals surface area contributed by atoms with Crippen molar-refractivity contribution in [2.45, 2.75) is 24.3 Å². The molecule has 1 aliphatic heterocycles. The number of rotatable bonds is 9. The Balaban J connectivity index is 1.74. The van der Waals surface area contributed by atoms with Crippen molar-refractivity contribution in [3.63, 3.8) is 0 Å². The van der Waals surface area contributed by atoms with Crippen molar-refractivity contribution in [2.75, 3.05) is 33.5 Å². The van der Waals surface area contributed by atoms with Crippen molar-refractivity contribution < 1.29 is 22.1 Å². The molecule has 1 heterocycles. The first kappa shape index (κ1) is 17.4. The van der Waals surface area contributed by atoms with E-state index < -0.39 is 10.1 Å². The number of nitrogens with one attached hydrogen (secondary N) is 1. The van der Waals surface area contributed by atoms with Crippen LogP contribution in [-0.4, -0.2) is 54.0 Å². The van der Waals surface area contributed by atoms with Crippen LogP contribution in [0.3, 0.4) is 0 Å². The molecule has 1 saturated heterocycles. The summed E-state index contributed by atoms with van der Waals surface area (Å²) in [6.45, 7) is 2.14. The molecule has 0 bridgehead atoms. The van der Waals surface area contributed by atoms with Crippen molar-refractivity contribution >= 4 is 10.1 Å². The maximum Gasteiger partial charge on any atom is 0.271 e. The SMILES string of the molecule is COCCOC[C@@H]1C[C@H](OS(=O)(=O)Cc2ccccc2)CN1. The van der Waals surface area contributed by atoms with E-state index in [1.54, 1.807) is 19.2 Å². The third-order valence-corrected chi connectivity index (χ3v) is 4.65. The van der Waals surface area contributed by atoms with E-state index in [1.807, 2.05) is 18.2 Å². The van der Waals surface area contributed by atoms with Crippen LogP contribution in [0.5, 0.6) is 0 Å². The Kier molecular flexibility index (Phi) is 6.78. The molecule has 22 heavy (non-hydrogen) atoms. The molecule has 124 valence electrons. The molecule has 0 aliphatic carbocycles. The first-order chi connectivity index (χ1) is 10.6. The third kappa shape index (κ3) is 6.02. The van der Waals surface area contributed by atoms with Crippen molar-refractivity contribution in [1.29, 1.82) is 0 Å². The van der Waals surface area contributed by atoms with Crippen LogP contribution in [0.15, 0.2) is 30.3 Å². The molecular formula is C15H23NO5S. The molecular weight excluding hydrogens is 306 g/mol. The van der Waals surface area contributed by atoms with Gasteiger partial charge in [-0.15, -0.1) is 0 Å².